The highest BCUT2D eigenvalue weighted by Crippen LogP contribution is 2.40. The van der Waals surface area contributed by atoms with Gasteiger partial charge in [-0.15, -0.1) is 0 Å². The zero-order valence-electron chi connectivity index (χ0n) is 19.6. The molecular weight excluding hydrogens is 442 g/mol. The first kappa shape index (κ1) is 24.5. The fourth-order valence-electron chi connectivity index (χ4n) is 3.70. The summed E-state index contributed by atoms with van der Waals surface area (Å²) in [5.74, 6) is 0.600. The minimum absolute atomic E-state index is 0.00388. The molecular formula is C25H27NO8. The van der Waals surface area contributed by atoms with Crippen LogP contribution in [0.5, 0.6) is 28.7 Å². The predicted molar refractivity (Wildman–Crippen MR) is 126 cm³/mol. The van der Waals surface area contributed by atoms with Crippen molar-refractivity contribution in [3.05, 3.63) is 69.8 Å². The normalized spacial score (nSPS) is 11.4. The topological polar surface area (TPSA) is 116 Å². The SMILES string of the molecule is COc1ccc([C@H](CC(=O)Nc2cc(OC)c(OC)c(OC)c2)c2c(O)cc(C)oc2=O)cc1. The lowest BCUT2D eigenvalue weighted by atomic mass is 9.88. The standard InChI is InChI=1S/C25H27NO8/c1-14-10-19(27)23(25(29)34-14)18(15-6-8-17(30-2)9-7-15)13-22(28)26-16-11-20(31-3)24(33-5)21(12-16)32-4/h6-12,18,27H,13H2,1-5H3,(H,26,28)/t18-/m0/s1. The Labute approximate surface area is 196 Å². The number of anilines is 1. The number of hydrogen-bond donors (Lipinski definition) is 2. The Hall–Kier alpha value is -4.14. The molecule has 1 heterocycles. The summed E-state index contributed by atoms with van der Waals surface area (Å²) in [7, 11) is 5.97. The molecule has 0 unspecified atom stereocenters. The van der Waals surface area contributed by atoms with Crippen molar-refractivity contribution in [1.29, 1.82) is 0 Å². The Morgan fingerprint density at radius 2 is 1.59 bits per heavy atom. The van der Waals surface area contributed by atoms with E-state index in [1.165, 1.54) is 34.5 Å². The minimum atomic E-state index is -0.773. The maximum Gasteiger partial charge on any atom is 0.343 e. The van der Waals surface area contributed by atoms with Gasteiger partial charge < -0.3 is 33.8 Å². The molecule has 34 heavy (non-hydrogen) atoms. The Bertz CT molecular complexity index is 1190. The zero-order valence-corrected chi connectivity index (χ0v) is 19.6. The third-order valence-corrected chi connectivity index (χ3v) is 5.29. The van der Waals surface area contributed by atoms with Gasteiger partial charge >= 0.3 is 5.63 Å². The summed E-state index contributed by atoms with van der Waals surface area (Å²) >= 11 is 0. The largest absolute Gasteiger partial charge is 0.507 e. The van der Waals surface area contributed by atoms with E-state index in [0.29, 0.717) is 34.2 Å². The van der Waals surface area contributed by atoms with Crippen molar-refractivity contribution < 1.29 is 33.3 Å². The van der Waals surface area contributed by atoms with Gasteiger partial charge in [0.25, 0.3) is 0 Å². The van der Waals surface area contributed by atoms with Crippen LogP contribution in [0.4, 0.5) is 5.69 Å². The van der Waals surface area contributed by atoms with Crippen molar-refractivity contribution in [1.82, 2.24) is 0 Å². The maximum absolute atomic E-state index is 13.1. The van der Waals surface area contributed by atoms with Crippen LogP contribution in [0.2, 0.25) is 0 Å². The number of rotatable bonds is 9. The van der Waals surface area contributed by atoms with Gasteiger partial charge in [-0.25, -0.2) is 4.79 Å². The molecule has 9 nitrogen and oxygen atoms in total. The molecule has 1 atom stereocenters. The first-order chi connectivity index (χ1) is 16.3. The van der Waals surface area contributed by atoms with Gasteiger partial charge in [0.05, 0.1) is 34.0 Å². The second-order valence-corrected chi connectivity index (χ2v) is 7.44. The Morgan fingerprint density at radius 1 is 0.971 bits per heavy atom. The Kier molecular flexibility index (Phi) is 7.68. The van der Waals surface area contributed by atoms with Crippen LogP contribution in [-0.4, -0.2) is 39.5 Å². The smallest absolute Gasteiger partial charge is 0.343 e. The van der Waals surface area contributed by atoms with E-state index in [1.54, 1.807) is 43.3 Å². The Morgan fingerprint density at radius 3 is 2.09 bits per heavy atom. The van der Waals surface area contributed by atoms with E-state index in [9.17, 15) is 14.7 Å². The number of aryl methyl sites for hydroxylation is 1. The van der Waals surface area contributed by atoms with E-state index in [0.717, 1.165) is 0 Å². The van der Waals surface area contributed by atoms with E-state index in [1.807, 2.05) is 0 Å². The molecule has 0 bridgehead atoms. The molecule has 1 aromatic heterocycles. The molecule has 9 heteroatoms. The van der Waals surface area contributed by atoms with Gasteiger partial charge in [0, 0.05) is 36.2 Å². The number of methoxy groups -OCH3 is 4. The van der Waals surface area contributed by atoms with Gasteiger partial charge in [0.1, 0.15) is 17.3 Å². The number of benzene rings is 2. The van der Waals surface area contributed by atoms with Crippen LogP contribution in [-0.2, 0) is 4.79 Å². The van der Waals surface area contributed by atoms with Crippen molar-refractivity contribution in [2.45, 2.75) is 19.3 Å². The van der Waals surface area contributed by atoms with Crippen LogP contribution in [0, 0.1) is 6.92 Å². The van der Waals surface area contributed by atoms with Gasteiger partial charge in [-0.05, 0) is 24.6 Å². The van der Waals surface area contributed by atoms with Crippen molar-refractivity contribution in [2.24, 2.45) is 0 Å². The number of aromatic hydroxyl groups is 1. The van der Waals surface area contributed by atoms with Crippen molar-refractivity contribution >= 4 is 11.6 Å². The molecule has 1 amide bonds. The molecule has 3 aromatic rings. The van der Waals surface area contributed by atoms with Crippen LogP contribution in [0.3, 0.4) is 0 Å². The van der Waals surface area contributed by atoms with Gasteiger partial charge in [-0.2, -0.15) is 0 Å². The number of carbonyl (C=O) groups is 1. The minimum Gasteiger partial charge on any atom is -0.507 e. The van der Waals surface area contributed by atoms with E-state index in [-0.39, 0.29) is 23.5 Å². The molecule has 0 spiro atoms. The van der Waals surface area contributed by atoms with Crippen LogP contribution >= 0.6 is 0 Å². The highest BCUT2D eigenvalue weighted by molar-refractivity contribution is 5.92. The maximum atomic E-state index is 13.1. The second-order valence-electron chi connectivity index (χ2n) is 7.44. The summed E-state index contributed by atoms with van der Waals surface area (Å²) < 4.78 is 26.4. The molecule has 0 saturated heterocycles. The molecule has 0 aliphatic carbocycles. The lowest BCUT2D eigenvalue weighted by Gasteiger charge is -2.19. The van der Waals surface area contributed by atoms with Crippen LogP contribution in [0.1, 0.15) is 29.2 Å². The van der Waals surface area contributed by atoms with Crippen LogP contribution in [0.15, 0.2) is 51.7 Å². The average Bonchev–Trinajstić information content (AvgIpc) is 2.82. The van der Waals surface area contributed by atoms with Gasteiger partial charge in [-0.3, -0.25) is 4.79 Å². The number of amides is 1. The van der Waals surface area contributed by atoms with Crippen LogP contribution < -0.4 is 29.9 Å². The molecule has 0 aliphatic rings. The Balaban J connectivity index is 1.97. The average molecular weight is 469 g/mol. The van der Waals surface area contributed by atoms with E-state index in [4.69, 9.17) is 23.4 Å². The fraction of sp³-hybridized carbons (Fsp3) is 0.280. The summed E-state index contributed by atoms with van der Waals surface area (Å²) in [6.45, 7) is 1.56. The van der Waals surface area contributed by atoms with E-state index < -0.39 is 17.5 Å². The summed E-state index contributed by atoms with van der Waals surface area (Å²) in [4.78, 5) is 25.7. The zero-order chi connectivity index (χ0) is 24.8. The number of ether oxygens (including phenoxy) is 4. The summed E-state index contributed by atoms with van der Waals surface area (Å²) in [5, 5.41) is 13.3. The first-order valence-corrected chi connectivity index (χ1v) is 10.4. The third kappa shape index (κ3) is 5.25. The van der Waals surface area contributed by atoms with Crippen molar-refractivity contribution in [3.63, 3.8) is 0 Å². The summed E-state index contributed by atoms with van der Waals surface area (Å²) in [5.41, 5.74) is 0.329. The first-order valence-electron chi connectivity index (χ1n) is 10.4. The predicted octanol–water partition coefficient (Wildman–Crippen LogP) is 3.85. The van der Waals surface area contributed by atoms with E-state index >= 15 is 0 Å². The number of carbonyl (C=O) groups excluding carboxylic acids is 1. The number of nitrogens with one attached hydrogen (secondary N) is 1. The highest BCUT2D eigenvalue weighted by Gasteiger charge is 2.26. The van der Waals surface area contributed by atoms with Crippen molar-refractivity contribution in [2.75, 3.05) is 33.8 Å². The molecule has 3 rings (SSSR count). The lowest BCUT2D eigenvalue weighted by Crippen LogP contribution is -2.21. The summed E-state index contributed by atoms with van der Waals surface area (Å²) in [6, 6.07) is 11.4. The molecule has 2 aromatic carbocycles. The van der Waals surface area contributed by atoms with Gasteiger partial charge in [-0.1, -0.05) is 12.1 Å². The second kappa shape index (κ2) is 10.7. The molecule has 0 fully saturated rings. The monoisotopic (exact) mass is 469 g/mol. The molecule has 0 aliphatic heterocycles. The van der Waals surface area contributed by atoms with Crippen molar-refractivity contribution in [3.8, 4) is 28.7 Å². The molecule has 0 radical (unpaired) electrons. The van der Waals surface area contributed by atoms with Gasteiger partial charge in [0.2, 0.25) is 11.7 Å². The molecule has 0 saturated carbocycles. The quantitative estimate of drug-likeness (QED) is 0.485. The van der Waals surface area contributed by atoms with Crippen LogP contribution in [0.25, 0.3) is 0 Å². The molecule has 180 valence electrons. The lowest BCUT2D eigenvalue weighted by molar-refractivity contribution is -0.116. The summed E-state index contributed by atoms with van der Waals surface area (Å²) in [6.07, 6.45) is -0.148. The highest BCUT2D eigenvalue weighted by atomic mass is 16.5. The van der Waals surface area contributed by atoms with Gasteiger partial charge in [0.15, 0.2) is 11.5 Å². The fourth-order valence-corrected chi connectivity index (χ4v) is 3.70. The van der Waals surface area contributed by atoms with E-state index in [2.05, 4.69) is 5.32 Å². The molecule has 2 N–H and O–H groups in total. The number of hydrogen-bond acceptors (Lipinski definition) is 8. The third-order valence-electron chi connectivity index (χ3n) is 5.29.